The van der Waals surface area contributed by atoms with E-state index in [1.165, 1.54) is 6.42 Å². The molecule has 0 radical (unpaired) electrons. The first-order valence-corrected chi connectivity index (χ1v) is 5.30. The Kier molecular flexibility index (Phi) is 4.73. The van der Waals surface area contributed by atoms with Crippen LogP contribution in [0.15, 0.2) is 0 Å². The lowest BCUT2D eigenvalue weighted by Gasteiger charge is -2.22. The third-order valence-electron chi connectivity index (χ3n) is 2.46. The smallest absolute Gasteiger partial charge is 0.407 e. The molecule has 1 aliphatic rings. The molecule has 1 aliphatic carbocycles. The number of amides is 1. The van der Waals surface area contributed by atoms with Crippen LogP contribution >= 0.6 is 0 Å². The number of hydrogen-bond acceptors (Lipinski definition) is 3. The van der Waals surface area contributed by atoms with Crippen LogP contribution < -0.4 is 5.32 Å². The Bertz CT molecular complexity index is 178. The van der Waals surface area contributed by atoms with Crippen LogP contribution in [0.25, 0.3) is 0 Å². The predicted molar refractivity (Wildman–Crippen MR) is 53.0 cm³/mol. The van der Waals surface area contributed by atoms with Gasteiger partial charge in [0.1, 0.15) is 6.10 Å². The molecule has 0 aromatic heterocycles. The van der Waals surface area contributed by atoms with Crippen LogP contribution in [0, 0.1) is 0 Å². The van der Waals surface area contributed by atoms with E-state index in [9.17, 15) is 4.79 Å². The van der Waals surface area contributed by atoms with E-state index in [0.717, 1.165) is 25.7 Å². The number of carbonyl (C=O) groups excluding carboxylic acids is 1. The first-order valence-electron chi connectivity index (χ1n) is 5.30. The van der Waals surface area contributed by atoms with Crippen molar-refractivity contribution in [2.24, 2.45) is 0 Å². The lowest BCUT2D eigenvalue weighted by atomic mass is 9.98. The van der Waals surface area contributed by atoms with Gasteiger partial charge in [0.15, 0.2) is 0 Å². The van der Waals surface area contributed by atoms with Gasteiger partial charge < -0.3 is 15.2 Å². The third kappa shape index (κ3) is 3.96. The molecule has 4 heteroatoms. The highest BCUT2D eigenvalue weighted by molar-refractivity contribution is 5.67. The molecule has 1 rings (SSSR count). The number of aliphatic hydroxyl groups is 1. The minimum Gasteiger partial charge on any atom is -0.446 e. The number of nitrogens with one attached hydrogen (secondary N) is 1. The van der Waals surface area contributed by atoms with E-state index in [2.05, 4.69) is 5.32 Å². The minimum absolute atomic E-state index is 0.0558. The van der Waals surface area contributed by atoms with Crippen molar-refractivity contribution in [2.45, 2.75) is 51.2 Å². The van der Waals surface area contributed by atoms with Crippen LogP contribution in [0.5, 0.6) is 0 Å². The topological polar surface area (TPSA) is 58.6 Å². The van der Waals surface area contributed by atoms with Crippen molar-refractivity contribution in [2.75, 3.05) is 6.61 Å². The SMILES string of the molecule is C[C@H](CO)NC(=O)OC1CCCCC1. The fourth-order valence-electron chi connectivity index (χ4n) is 1.62. The van der Waals surface area contributed by atoms with Crippen molar-refractivity contribution in [3.8, 4) is 0 Å². The molecule has 0 aromatic carbocycles. The summed E-state index contributed by atoms with van der Waals surface area (Å²) in [6.07, 6.45) is 5.16. The van der Waals surface area contributed by atoms with Crippen LogP contribution in [0.1, 0.15) is 39.0 Å². The maximum Gasteiger partial charge on any atom is 0.407 e. The van der Waals surface area contributed by atoms with Gasteiger partial charge in [-0.2, -0.15) is 0 Å². The molecule has 0 aliphatic heterocycles. The number of ether oxygens (including phenoxy) is 1. The van der Waals surface area contributed by atoms with Gasteiger partial charge in [0.05, 0.1) is 12.6 Å². The molecule has 82 valence electrons. The Morgan fingerprint density at radius 2 is 2.14 bits per heavy atom. The van der Waals surface area contributed by atoms with Crippen LogP contribution in [-0.4, -0.2) is 30.0 Å². The highest BCUT2D eigenvalue weighted by atomic mass is 16.6. The number of aliphatic hydroxyl groups excluding tert-OH is 1. The van der Waals surface area contributed by atoms with Gasteiger partial charge in [0, 0.05) is 0 Å². The van der Waals surface area contributed by atoms with Crippen LogP contribution in [0.4, 0.5) is 4.79 Å². The summed E-state index contributed by atoms with van der Waals surface area (Å²) < 4.78 is 5.20. The summed E-state index contributed by atoms with van der Waals surface area (Å²) in [6.45, 7) is 1.68. The first-order chi connectivity index (χ1) is 6.72. The molecule has 1 saturated carbocycles. The van der Waals surface area contributed by atoms with E-state index in [0.29, 0.717) is 0 Å². The Labute approximate surface area is 84.6 Å². The molecule has 0 unspecified atom stereocenters. The van der Waals surface area contributed by atoms with Crippen molar-refractivity contribution in [3.63, 3.8) is 0 Å². The zero-order valence-corrected chi connectivity index (χ0v) is 8.66. The zero-order chi connectivity index (χ0) is 10.4. The second-order valence-electron chi connectivity index (χ2n) is 3.89. The first kappa shape index (κ1) is 11.3. The summed E-state index contributed by atoms with van der Waals surface area (Å²) in [5, 5.41) is 11.3. The van der Waals surface area contributed by atoms with Gasteiger partial charge in [-0.05, 0) is 32.6 Å². The third-order valence-corrected chi connectivity index (χ3v) is 2.46. The van der Waals surface area contributed by atoms with Crippen LogP contribution in [-0.2, 0) is 4.74 Å². The predicted octanol–water partition coefficient (Wildman–Crippen LogP) is 1.43. The largest absolute Gasteiger partial charge is 0.446 e. The fourth-order valence-corrected chi connectivity index (χ4v) is 1.62. The Hall–Kier alpha value is -0.770. The Morgan fingerprint density at radius 3 is 2.71 bits per heavy atom. The molecule has 0 spiro atoms. The van der Waals surface area contributed by atoms with E-state index in [1.54, 1.807) is 6.92 Å². The quantitative estimate of drug-likeness (QED) is 0.726. The number of alkyl carbamates (subject to hydrolysis) is 1. The van der Waals surface area contributed by atoms with E-state index in [1.807, 2.05) is 0 Å². The molecule has 4 nitrogen and oxygen atoms in total. The summed E-state index contributed by atoms with van der Waals surface area (Å²) in [4.78, 5) is 11.2. The standard InChI is InChI=1S/C10H19NO3/c1-8(7-12)11-10(13)14-9-5-3-2-4-6-9/h8-9,12H,2-7H2,1H3,(H,11,13)/t8-/m1/s1. The molecule has 1 amide bonds. The molecule has 1 fully saturated rings. The lowest BCUT2D eigenvalue weighted by Crippen LogP contribution is -2.37. The average Bonchev–Trinajstić information content (AvgIpc) is 2.19. The summed E-state index contributed by atoms with van der Waals surface area (Å²) in [7, 11) is 0. The van der Waals surface area contributed by atoms with E-state index in [-0.39, 0.29) is 18.8 Å². The van der Waals surface area contributed by atoms with Gasteiger partial charge in [0.2, 0.25) is 0 Å². The second-order valence-corrected chi connectivity index (χ2v) is 3.89. The molecule has 14 heavy (non-hydrogen) atoms. The van der Waals surface area contributed by atoms with Gasteiger partial charge in [-0.3, -0.25) is 0 Å². The minimum atomic E-state index is -0.404. The Balaban J connectivity index is 2.18. The fraction of sp³-hybridized carbons (Fsp3) is 0.900. The van der Waals surface area contributed by atoms with Gasteiger partial charge in [0.25, 0.3) is 0 Å². The van der Waals surface area contributed by atoms with Crippen molar-refractivity contribution >= 4 is 6.09 Å². The van der Waals surface area contributed by atoms with Crippen LogP contribution in [0.3, 0.4) is 0 Å². The Morgan fingerprint density at radius 1 is 1.50 bits per heavy atom. The van der Waals surface area contributed by atoms with E-state index < -0.39 is 6.09 Å². The number of rotatable bonds is 3. The molecule has 2 N–H and O–H groups in total. The molecule has 1 atom stereocenters. The van der Waals surface area contributed by atoms with Gasteiger partial charge in [-0.25, -0.2) is 4.79 Å². The van der Waals surface area contributed by atoms with Crippen molar-refractivity contribution in [3.05, 3.63) is 0 Å². The monoisotopic (exact) mass is 201 g/mol. The van der Waals surface area contributed by atoms with Gasteiger partial charge in [-0.15, -0.1) is 0 Å². The highest BCUT2D eigenvalue weighted by Crippen LogP contribution is 2.20. The molecule has 0 heterocycles. The van der Waals surface area contributed by atoms with E-state index >= 15 is 0 Å². The summed E-state index contributed by atoms with van der Waals surface area (Å²) in [5.41, 5.74) is 0. The maximum atomic E-state index is 11.2. The zero-order valence-electron chi connectivity index (χ0n) is 8.66. The summed E-state index contributed by atoms with van der Waals surface area (Å²) in [5.74, 6) is 0. The molecule has 0 aromatic rings. The van der Waals surface area contributed by atoms with Crippen LogP contribution in [0.2, 0.25) is 0 Å². The molecule has 0 bridgehead atoms. The van der Waals surface area contributed by atoms with Gasteiger partial charge >= 0.3 is 6.09 Å². The maximum absolute atomic E-state index is 11.2. The second kappa shape index (κ2) is 5.86. The highest BCUT2D eigenvalue weighted by Gasteiger charge is 2.18. The van der Waals surface area contributed by atoms with Crippen molar-refractivity contribution in [1.29, 1.82) is 0 Å². The van der Waals surface area contributed by atoms with E-state index in [4.69, 9.17) is 9.84 Å². The normalized spacial score (nSPS) is 20.1. The summed E-state index contributed by atoms with van der Waals surface area (Å²) >= 11 is 0. The van der Waals surface area contributed by atoms with Crippen molar-refractivity contribution in [1.82, 2.24) is 5.32 Å². The number of hydrogen-bond donors (Lipinski definition) is 2. The van der Waals surface area contributed by atoms with Gasteiger partial charge in [-0.1, -0.05) is 6.42 Å². The lowest BCUT2D eigenvalue weighted by molar-refractivity contribution is 0.0710. The molecular formula is C10H19NO3. The number of carbonyl (C=O) groups is 1. The summed E-state index contributed by atoms with van der Waals surface area (Å²) in [6, 6.07) is -0.230. The van der Waals surface area contributed by atoms with Crippen molar-refractivity contribution < 1.29 is 14.6 Å². The average molecular weight is 201 g/mol. The molecular weight excluding hydrogens is 182 g/mol. The molecule has 0 saturated heterocycles.